The van der Waals surface area contributed by atoms with Crippen molar-refractivity contribution >= 4 is 29.6 Å². The first-order valence-corrected chi connectivity index (χ1v) is 7.78. The molecule has 1 N–H and O–H groups in total. The summed E-state index contributed by atoms with van der Waals surface area (Å²) in [5.41, 5.74) is 3.24. The van der Waals surface area contributed by atoms with Crippen LogP contribution in [-0.4, -0.2) is 23.7 Å². The Bertz CT molecular complexity index is 788. The Morgan fingerprint density at radius 3 is 2.92 bits per heavy atom. The SMILES string of the molecule is Cc1cc(Cl)ccc1OCCCC(=O)N/N=C\c1ccc([N+](=O)[O-])o1. The van der Waals surface area contributed by atoms with Gasteiger partial charge in [-0.1, -0.05) is 11.6 Å². The number of hydrogen-bond acceptors (Lipinski definition) is 6. The van der Waals surface area contributed by atoms with Gasteiger partial charge in [-0.15, -0.1) is 0 Å². The summed E-state index contributed by atoms with van der Waals surface area (Å²) in [7, 11) is 0. The summed E-state index contributed by atoms with van der Waals surface area (Å²) in [4.78, 5) is 21.4. The molecule has 0 saturated heterocycles. The quantitative estimate of drug-likeness (QED) is 0.333. The van der Waals surface area contributed by atoms with Crippen LogP contribution < -0.4 is 10.2 Å². The van der Waals surface area contributed by atoms with Crippen LogP contribution >= 0.6 is 11.6 Å². The number of hydrogen-bond donors (Lipinski definition) is 1. The summed E-state index contributed by atoms with van der Waals surface area (Å²) in [5, 5.41) is 14.8. The van der Waals surface area contributed by atoms with E-state index in [2.05, 4.69) is 10.5 Å². The molecule has 0 spiro atoms. The zero-order chi connectivity index (χ0) is 18.2. The molecule has 132 valence electrons. The van der Waals surface area contributed by atoms with Gasteiger partial charge in [-0.25, -0.2) is 5.43 Å². The highest BCUT2D eigenvalue weighted by Gasteiger charge is 2.10. The van der Waals surface area contributed by atoms with E-state index in [1.807, 2.05) is 6.92 Å². The molecule has 1 amide bonds. The second kappa shape index (κ2) is 8.84. The fourth-order valence-corrected chi connectivity index (χ4v) is 2.15. The molecule has 2 rings (SSSR count). The van der Waals surface area contributed by atoms with Crippen molar-refractivity contribution in [3.8, 4) is 5.75 Å². The third-order valence-electron chi connectivity index (χ3n) is 3.12. The topological polar surface area (TPSA) is 107 Å². The molecule has 1 aromatic heterocycles. The molecule has 0 atom stereocenters. The number of hydrazone groups is 1. The van der Waals surface area contributed by atoms with E-state index in [9.17, 15) is 14.9 Å². The van der Waals surface area contributed by atoms with Crippen LogP contribution in [-0.2, 0) is 4.79 Å². The number of ether oxygens (including phenoxy) is 1. The van der Waals surface area contributed by atoms with Crippen molar-refractivity contribution in [2.45, 2.75) is 19.8 Å². The predicted octanol–water partition coefficient (Wildman–Crippen LogP) is 3.46. The lowest BCUT2D eigenvalue weighted by Gasteiger charge is -2.08. The number of nitrogens with zero attached hydrogens (tertiary/aromatic N) is 2. The van der Waals surface area contributed by atoms with Crippen LogP contribution in [0.3, 0.4) is 0 Å². The van der Waals surface area contributed by atoms with Crippen molar-refractivity contribution in [2.24, 2.45) is 5.10 Å². The van der Waals surface area contributed by atoms with E-state index in [4.69, 9.17) is 20.8 Å². The number of amides is 1. The van der Waals surface area contributed by atoms with Crippen LogP contribution in [0.25, 0.3) is 0 Å². The Kier molecular flexibility index (Phi) is 6.53. The average molecular weight is 366 g/mol. The molecular formula is C16H16ClN3O5. The van der Waals surface area contributed by atoms with Crippen molar-refractivity contribution in [2.75, 3.05) is 6.61 Å². The Hall–Kier alpha value is -2.87. The molecule has 1 aromatic carbocycles. The molecule has 0 aliphatic rings. The van der Waals surface area contributed by atoms with Crippen LogP contribution in [0.1, 0.15) is 24.2 Å². The van der Waals surface area contributed by atoms with E-state index in [0.717, 1.165) is 11.3 Å². The lowest BCUT2D eigenvalue weighted by atomic mass is 10.2. The Morgan fingerprint density at radius 2 is 2.24 bits per heavy atom. The van der Waals surface area contributed by atoms with Gasteiger partial charge in [0.2, 0.25) is 5.91 Å². The van der Waals surface area contributed by atoms with Gasteiger partial charge in [0, 0.05) is 11.4 Å². The normalized spacial score (nSPS) is 10.8. The maximum Gasteiger partial charge on any atom is 0.433 e. The van der Waals surface area contributed by atoms with Crippen LogP contribution in [0.5, 0.6) is 5.75 Å². The second-order valence-electron chi connectivity index (χ2n) is 5.09. The summed E-state index contributed by atoms with van der Waals surface area (Å²) >= 11 is 5.87. The number of benzene rings is 1. The van der Waals surface area contributed by atoms with Gasteiger partial charge in [0.05, 0.1) is 18.9 Å². The monoisotopic (exact) mass is 365 g/mol. The molecule has 1 heterocycles. The van der Waals surface area contributed by atoms with Gasteiger partial charge in [-0.2, -0.15) is 5.10 Å². The number of nitrogens with one attached hydrogen (secondary N) is 1. The molecule has 0 unspecified atom stereocenters. The highest BCUT2D eigenvalue weighted by molar-refractivity contribution is 6.30. The maximum absolute atomic E-state index is 11.6. The molecule has 0 radical (unpaired) electrons. The molecule has 0 bridgehead atoms. The molecular weight excluding hydrogens is 350 g/mol. The van der Waals surface area contributed by atoms with Crippen molar-refractivity contribution in [1.82, 2.24) is 5.43 Å². The number of halogens is 1. The first-order valence-electron chi connectivity index (χ1n) is 7.41. The third-order valence-corrected chi connectivity index (χ3v) is 3.35. The summed E-state index contributed by atoms with van der Waals surface area (Å²) in [5.74, 6) is 0.215. The Labute approximate surface area is 148 Å². The smallest absolute Gasteiger partial charge is 0.433 e. The van der Waals surface area contributed by atoms with Crippen molar-refractivity contribution in [3.05, 3.63) is 56.8 Å². The van der Waals surface area contributed by atoms with Gasteiger partial charge in [0.1, 0.15) is 10.7 Å². The standard InChI is InChI=1S/C16H16ClN3O5/c1-11-9-12(17)4-6-14(11)24-8-2-3-15(21)19-18-10-13-5-7-16(25-13)20(22)23/h4-7,9-10H,2-3,8H2,1H3,(H,19,21)/b18-10-. The van der Waals surface area contributed by atoms with Gasteiger partial charge in [0.15, 0.2) is 5.76 Å². The number of furan rings is 1. The molecule has 0 saturated carbocycles. The van der Waals surface area contributed by atoms with Crippen molar-refractivity contribution in [1.29, 1.82) is 0 Å². The summed E-state index contributed by atoms with van der Waals surface area (Å²) in [6, 6.07) is 7.92. The zero-order valence-electron chi connectivity index (χ0n) is 13.4. The number of nitro groups is 1. The van der Waals surface area contributed by atoms with Gasteiger partial charge in [0.25, 0.3) is 0 Å². The van der Waals surface area contributed by atoms with E-state index < -0.39 is 4.92 Å². The van der Waals surface area contributed by atoms with Crippen LogP contribution in [0.2, 0.25) is 5.02 Å². The molecule has 0 aliphatic carbocycles. The molecule has 9 heteroatoms. The number of aryl methyl sites for hydroxylation is 1. The molecule has 0 aliphatic heterocycles. The zero-order valence-corrected chi connectivity index (χ0v) is 14.2. The van der Waals surface area contributed by atoms with E-state index in [0.29, 0.717) is 18.1 Å². The third kappa shape index (κ3) is 5.92. The Balaban J connectivity index is 1.68. The minimum absolute atomic E-state index is 0.175. The number of carbonyl (C=O) groups is 1. The van der Waals surface area contributed by atoms with Gasteiger partial charge >= 0.3 is 5.88 Å². The van der Waals surface area contributed by atoms with E-state index in [1.165, 1.54) is 18.3 Å². The maximum atomic E-state index is 11.6. The highest BCUT2D eigenvalue weighted by atomic mass is 35.5. The number of rotatable bonds is 8. The molecule has 0 fully saturated rings. The van der Waals surface area contributed by atoms with Crippen LogP contribution in [0, 0.1) is 17.0 Å². The minimum Gasteiger partial charge on any atom is -0.493 e. The minimum atomic E-state index is -0.654. The first kappa shape index (κ1) is 18.5. The van der Waals surface area contributed by atoms with Crippen molar-refractivity contribution < 1.29 is 18.9 Å². The second-order valence-corrected chi connectivity index (χ2v) is 5.52. The predicted molar refractivity (Wildman–Crippen MR) is 92.0 cm³/mol. The molecule has 2 aromatic rings. The van der Waals surface area contributed by atoms with Crippen LogP contribution in [0.15, 0.2) is 39.9 Å². The summed E-state index contributed by atoms with van der Waals surface area (Å²) in [6.07, 6.45) is 1.93. The molecule has 25 heavy (non-hydrogen) atoms. The summed E-state index contributed by atoms with van der Waals surface area (Å²) in [6.45, 7) is 2.27. The average Bonchev–Trinajstić information content (AvgIpc) is 3.02. The van der Waals surface area contributed by atoms with Crippen molar-refractivity contribution in [3.63, 3.8) is 0 Å². The fraction of sp³-hybridized carbons (Fsp3) is 0.250. The molecule has 8 nitrogen and oxygen atoms in total. The largest absolute Gasteiger partial charge is 0.493 e. The highest BCUT2D eigenvalue weighted by Crippen LogP contribution is 2.21. The van der Waals surface area contributed by atoms with Gasteiger partial charge < -0.3 is 9.15 Å². The fourth-order valence-electron chi connectivity index (χ4n) is 1.92. The van der Waals surface area contributed by atoms with Crippen LogP contribution in [0.4, 0.5) is 5.88 Å². The van der Waals surface area contributed by atoms with E-state index >= 15 is 0 Å². The van der Waals surface area contributed by atoms with Gasteiger partial charge in [-0.05, 0) is 43.2 Å². The first-order chi connectivity index (χ1) is 12.0. The lowest BCUT2D eigenvalue weighted by molar-refractivity contribution is -0.402. The Morgan fingerprint density at radius 1 is 1.44 bits per heavy atom. The van der Waals surface area contributed by atoms with E-state index in [1.54, 1.807) is 18.2 Å². The summed E-state index contributed by atoms with van der Waals surface area (Å²) < 4.78 is 10.5. The number of carbonyl (C=O) groups excluding carboxylic acids is 1. The van der Waals surface area contributed by atoms with E-state index in [-0.39, 0.29) is 24.0 Å². The lowest BCUT2D eigenvalue weighted by Crippen LogP contribution is -2.18. The van der Waals surface area contributed by atoms with Gasteiger partial charge in [-0.3, -0.25) is 14.9 Å².